The molecule has 1 aliphatic heterocycles. The monoisotopic (exact) mass is 506 g/mol. The number of ketones is 1. The lowest BCUT2D eigenvalue weighted by molar-refractivity contribution is -0.384. The van der Waals surface area contributed by atoms with Gasteiger partial charge in [-0.3, -0.25) is 24.5 Å². The van der Waals surface area contributed by atoms with E-state index in [1.165, 1.54) is 18.2 Å². The van der Waals surface area contributed by atoms with Crippen molar-refractivity contribution in [3.8, 4) is 0 Å². The van der Waals surface area contributed by atoms with Gasteiger partial charge in [0.05, 0.1) is 27.6 Å². The third-order valence-corrected chi connectivity index (χ3v) is 8.88. The van der Waals surface area contributed by atoms with Crippen molar-refractivity contribution in [2.24, 2.45) is 22.7 Å². The number of anilines is 1. The van der Waals surface area contributed by atoms with Gasteiger partial charge in [0.2, 0.25) is 11.8 Å². The molecule has 0 N–H and O–H groups in total. The van der Waals surface area contributed by atoms with Crippen LogP contribution in [0.25, 0.3) is 11.1 Å². The standard InChI is InChI=1S/C31H26N2O5/c1-3-30-23(19-13-7-5-8-14-19)24(20-15-9-6-10-16-20)31(4-2,29(30)36)26-25(30)27(34)32(28(26)35)21-17-11-12-18-22(21)33(37)38/h5-18,25-26H,3-4H2,1-2H3/t25-,26+,30+,31-. The number of Topliss-reactive ketones (excluding diaryl/α,β-unsaturated/α-hetero) is 1. The summed E-state index contributed by atoms with van der Waals surface area (Å²) in [7, 11) is 0. The van der Waals surface area contributed by atoms with Crippen molar-refractivity contribution in [2.45, 2.75) is 26.7 Å². The number of nitro benzene ring substituents is 1. The van der Waals surface area contributed by atoms with Crippen LogP contribution in [0.3, 0.4) is 0 Å². The van der Waals surface area contributed by atoms with Gasteiger partial charge in [-0.15, -0.1) is 0 Å². The lowest BCUT2D eigenvalue weighted by atomic mass is 9.60. The molecule has 0 aromatic heterocycles. The summed E-state index contributed by atoms with van der Waals surface area (Å²) < 4.78 is 0. The van der Waals surface area contributed by atoms with Crippen LogP contribution in [0.5, 0.6) is 0 Å². The number of amides is 2. The summed E-state index contributed by atoms with van der Waals surface area (Å²) in [6, 6.07) is 25.0. The van der Waals surface area contributed by atoms with Crippen molar-refractivity contribution in [3.05, 3.63) is 106 Å². The van der Waals surface area contributed by atoms with Crippen LogP contribution in [0.1, 0.15) is 37.8 Å². The van der Waals surface area contributed by atoms with E-state index in [0.29, 0.717) is 12.8 Å². The van der Waals surface area contributed by atoms with E-state index in [1.54, 1.807) is 6.07 Å². The highest BCUT2D eigenvalue weighted by Gasteiger charge is 2.80. The number of rotatable bonds is 6. The predicted octanol–water partition coefficient (Wildman–Crippen LogP) is 5.70. The van der Waals surface area contributed by atoms with Crippen molar-refractivity contribution in [1.82, 2.24) is 0 Å². The van der Waals surface area contributed by atoms with E-state index in [1.807, 2.05) is 74.5 Å². The second-order valence-corrected chi connectivity index (χ2v) is 10.2. The van der Waals surface area contributed by atoms with Crippen LogP contribution >= 0.6 is 0 Å². The molecule has 2 aliphatic carbocycles. The molecule has 4 atom stereocenters. The van der Waals surface area contributed by atoms with Gasteiger partial charge in [-0.05, 0) is 41.2 Å². The normalized spacial score (nSPS) is 27.8. The first-order chi connectivity index (χ1) is 18.4. The quantitative estimate of drug-likeness (QED) is 0.243. The minimum Gasteiger partial charge on any atom is -0.298 e. The maximum atomic E-state index is 14.7. The smallest absolute Gasteiger partial charge is 0.293 e. The minimum absolute atomic E-state index is 0.0474. The van der Waals surface area contributed by atoms with Gasteiger partial charge in [-0.2, -0.15) is 0 Å². The van der Waals surface area contributed by atoms with E-state index >= 15 is 0 Å². The molecular weight excluding hydrogens is 480 g/mol. The highest BCUT2D eigenvalue weighted by molar-refractivity contribution is 6.35. The van der Waals surface area contributed by atoms with Crippen LogP contribution < -0.4 is 4.90 Å². The van der Waals surface area contributed by atoms with E-state index in [-0.39, 0.29) is 17.2 Å². The van der Waals surface area contributed by atoms with E-state index in [0.717, 1.165) is 27.2 Å². The molecule has 7 nitrogen and oxygen atoms in total. The molecule has 2 amide bonds. The molecule has 3 aromatic rings. The Morgan fingerprint density at radius 1 is 0.711 bits per heavy atom. The fraction of sp³-hybridized carbons (Fsp3) is 0.258. The van der Waals surface area contributed by atoms with Crippen molar-refractivity contribution >= 4 is 40.1 Å². The number of carbonyl (C=O) groups is 3. The zero-order valence-corrected chi connectivity index (χ0v) is 21.1. The number of para-hydroxylation sites is 2. The molecule has 1 heterocycles. The number of fused-ring (bicyclic) bond motifs is 5. The first-order valence-corrected chi connectivity index (χ1v) is 12.9. The van der Waals surface area contributed by atoms with Gasteiger partial charge in [-0.25, -0.2) is 4.90 Å². The van der Waals surface area contributed by atoms with Crippen LogP contribution in [0.15, 0.2) is 84.9 Å². The highest BCUT2D eigenvalue weighted by atomic mass is 16.6. The largest absolute Gasteiger partial charge is 0.298 e. The molecule has 7 heteroatoms. The SMILES string of the molecule is CC[C@@]12C(=O)[C@@](CC)(C(c3ccccc3)=C1c1ccccc1)[C@H]1C(=O)N(c3ccccc3[N+](=O)[O-])C(=O)[C@H]12. The third kappa shape index (κ3) is 2.71. The van der Waals surface area contributed by atoms with Crippen LogP contribution in [0.4, 0.5) is 11.4 Å². The predicted molar refractivity (Wildman–Crippen MR) is 143 cm³/mol. The fourth-order valence-corrected chi connectivity index (χ4v) is 7.50. The van der Waals surface area contributed by atoms with Crippen molar-refractivity contribution in [2.75, 3.05) is 4.90 Å². The zero-order valence-electron chi connectivity index (χ0n) is 21.1. The van der Waals surface area contributed by atoms with Crippen LogP contribution in [-0.2, 0) is 14.4 Å². The average molecular weight is 507 g/mol. The number of nitro groups is 1. The van der Waals surface area contributed by atoms with E-state index in [9.17, 15) is 24.5 Å². The Morgan fingerprint density at radius 3 is 1.55 bits per heavy atom. The molecule has 3 aromatic carbocycles. The van der Waals surface area contributed by atoms with Gasteiger partial charge in [0.15, 0.2) is 5.78 Å². The number of allylic oxidation sites excluding steroid dienone is 2. The molecule has 3 aliphatic rings. The topological polar surface area (TPSA) is 97.6 Å². The Labute approximate surface area is 219 Å². The number of hydrogen-bond donors (Lipinski definition) is 0. The van der Waals surface area contributed by atoms with Crippen LogP contribution in [0, 0.1) is 32.8 Å². The molecule has 2 bridgehead atoms. The zero-order chi connectivity index (χ0) is 26.8. The number of carbonyl (C=O) groups excluding carboxylic acids is 3. The molecule has 0 radical (unpaired) electrons. The maximum absolute atomic E-state index is 14.7. The number of hydrogen-bond acceptors (Lipinski definition) is 5. The summed E-state index contributed by atoms with van der Waals surface area (Å²) in [4.78, 5) is 55.4. The average Bonchev–Trinajstić information content (AvgIpc) is 3.45. The number of benzene rings is 3. The second kappa shape index (κ2) is 8.31. The lowest BCUT2D eigenvalue weighted by Gasteiger charge is -2.38. The first kappa shape index (κ1) is 24.0. The van der Waals surface area contributed by atoms with E-state index in [4.69, 9.17) is 0 Å². The van der Waals surface area contributed by atoms with Gasteiger partial charge in [0.1, 0.15) is 5.69 Å². The number of nitrogens with zero attached hydrogens (tertiary/aromatic N) is 2. The van der Waals surface area contributed by atoms with E-state index in [2.05, 4.69) is 0 Å². The van der Waals surface area contributed by atoms with Gasteiger partial charge in [0.25, 0.3) is 5.69 Å². The molecule has 2 fully saturated rings. The van der Waals surface area contributed by atoms with Crippen LogP contribution in [0.2, 0.25) is 0 Å². The molecule has 1 saturated heterocycles. The lowest BCUT2D eigenvalue weighted by Crippen LogP contribution is -2.42. The Morgan fingerprint density at radius 2 is 1.13 bits per heavy atom. The van der Waals surface area contributed by atoms with Crippen molar-refractivity contribution < 1.29 is 19.3 Å². The summed E-state index contributed by atoms with van der Waals surface area (Å²) >= 11 is 0. The summed E-state index contributed by atoms with van der Waals surface area (Å²) in [5.41, 5.74) is 0.476. The van der Waals surface area contributed by atoms with Crippen molar-refractivity contribution in [1.29, 1.82) is 0 Å². The summed E-state index contributed by atoms with van der Waals surface area (Å²) in [6.07, 6.45) is 0.665. The molecule has 0 spiro atoms. The maximum Gasteiger partial charge on any atom is 0.293 e. The van der Waals surface area contributed by atoms with Gasteiger partial charge in [-0.1, -0.05) is 86.6 Å². The van der Waals surface area contributed by atoms with Gasteiger partial charge in [0, 0.05) is 6.07 Å². The molecule has 190 valence electrons. The Bertz CT molecular complexity index is 1460. The summed E-state index contributed by atoms with van der Waals surface area (Å²) in [6.45, 7) is 3.78. The highest BCUT2D eigenvalue weighted by Crippen LogP contribution is 2.75. The van der Waals surface area contributed by atoms with Gasteiger partial charge < -0.3 is 0 Å². The molecule has 1 saturated carbocycles. The third-order valence-electron chi connectivity index (χ3n) is 8.88. The Hall–Kier alpha value is -4.39. The number of imide groups is 1. The summed E-state index contributed by atoms with van der Waals surface area (Å²) in [5.74, 6) is -3.04. The molecule has 6 rings (SSSR count). The summed E-state index contributed by atoms with van der Waals surface area (Å²) in [5, 5.41) is 11.8. The molecule has 0 unspecified atom stereocenters. The molecular formula is C31H26N2O5. The Balaban J connectivity index is 1.67. The second-order valence-electron chi connectivity index (χ2n) is 10.2. The first-order valence-electron chi connectivity index (χ1n) is 12.9. The van der Waals surface area contributed by atoms with Crippen LogP contribution in [-0.4, -0.2) is 22.5 Å². The van der Waals surface area contributed by atoms with E-state index < -0.39 is 39.4 Å². The van der Waals surface area contributed by atoms with Crippen molar-refractivity contribution in [3.63, 3.8) is 0 Å². The van der Waals surface area contributed by atoms with Gasteiger partial charge >= 0.3 is 0 Å². The molecule has 38 heavy (non-hydrogen) atoms. The minimum atomic E-state index is -1.22. The Kier molecular flexibility index (Phi) is 5.24. The fourth-order valence-electron chi connectivity index (χ4n) is 7.50.